The van der Waals surface area contributed by atoms with Gasteiger partial charge in [-0.2, -0.15) is 0 Å². The second kappa shape index (κ2) is 99.9. The molecular formula is C95H177N15O32. The number of ketones is 1. The van der Waals surface area contributed by atoms with E-state index < -0.39 is 109 Å². The molecular weight excluding hydrogens is 1860 g/mol. The molecule has 0 aliphatic rings. The minimum atomic E-state index is -1.12. The molecule has 0 aliphatic carbocycles. The number of rotatable bonds is 105. The van der Waals surface area contributed by atoms with Crippen molar-refractivity contribution in [2.45, 2.75) is 217 Å². The molecule has 0 spiro atoms. The lowest BCUT2D eigenvalue weighted by molar-refractivity contribution is -0.129. The molecule has 0 heterocycles. The first-order valence-electron chi connectivity index (χ1n) is 50.4. The van der Waals surface area contributed by atoms with Crippen molar-refractivity contribution in [3.8, 4) is 0 Å². The summed E-state index contributed by atoms with van der Waals surface area (Å²) in [6.45, 7) is 6.21. The molecule has 0 radical (unpaired) electrons. The molecule has 0 bridgehead atoms. The molecule has 47 heteroatoms. The maximum absolute atomic E-state index is 14.7. The van der Waals surface area contributed by atoms with Crippen LogP contribution in [0.1, 0.15) is 193 Å². The fourth-order valence-corrected chi connectivity index (χ4v) is 13.3. The predicted octanol–water partition coefficient (Wildman–Crippen LogP) is -1.40. The Kier molecular flexibility index (Phi) is 93.9. The van der Waals surface area contributed by atoms with E-state index in [0.29, 0.717) is 97.9 Å². The van der Waals surface area contributed by atoms with Gasteiger partial charge in [-0.3, -0.25) is 71.9 Å². The third-order valence-electron chi connectivity index (χ3n) is 21.0. The number of carbonyl (C=O) groups is 15. The molecule has 14 amide bonds. The van der Waals surface area contributed by atoms with Crippen LogP contribution in [0.15, 0.2) is 0 Å². The number of unbranched alkanes of at least 4 members (excludes halogenated alkanes) is 10. The fourth-order valence-electron chi connectivity index (χ4n) is 13.3. The first-order chi connectivity index (χ1) is 69.0. The third-order valence-corrected chi connectivity index (χ3v) is 21.0. The van der Waals surface area contributed by atoms with Crippen LogP contribution in [0.25, 0.3) is 0 Å². The van der Waals surface area contributed by atoms with Gasteiger partial charge in [-0.15, -0.1) is 0 Å². The number of Topliss-reactive ketones (excluding diaryl/α,β-unsaturated/α-hetero) is 1. The number of ether oxygens (including phenoxy) is 16. The van der Waals surface area contributed by atoms with Crippen LogP contribution in [0, 0.1) is 5.92 Å². The van der Waals surface area contributed by atoms with Crippen molar-refractivity contribution in [2.24, 2.45) is 5.92 Å². The molecule has 0 aliphatic heterocycles. The van der Waals surface area contributed by atoms with E-state index in [0.717, 1.165) is 83.5 Å². The van der Waals surface area contributed by atoms with Gasteiger partial charge in [-0.25, -0.2) is 0 Å². The number of nitrogens with one attached hydrogen (secondary N) is 15. The first-order valence-corrected chi connectivity index (χ1v) is 50.4. The van der Waals surface area contributed by atoms with E-state index in [1.165, 1.54) is 7.11 Å². The maximum Gasteiger partial charge on any atom is 0.245 e. The van der Waals surface area contributed by atoms with Crippen molar-refractivity contribution >= 4 is 88.5 Å². The summed E-state index contributed by atoms with van der Waals surface area (Å²) in [6.07, 6.45) is 10.6. The molecule has 142 heavy (non-hydrogen) atoms. The van der Waals surface area contributed by atoms with Crippen LogP contribution in [0.5, 0.6) is 0 Å². The van der Waals surface area contributed by atoms with Crippen LogP contribution in [-0.4, -0.2) is 417 Å². The zero-order chi connectivity index (χ0) is 104. The maximum atomic E-state index is 14.7. The predicted molar refractivity (Wildman–Crippen MR) is 524 cm³/mol. The Morgan fingerprint density at radius 1 is 0.211 bits per heavy atom. The highest BCUT2D eigenvalue weighted by molar-refractivity contribution is 5.88. The van der Waals surface area contributed by atoms with Gasteiger partial charge in [-0.1, -0.05) is 6.42 Å². The lowest BCUT2D eigenvalue weighted by atomic mass is 10.0. The molecule has 5 unspecified atom stereocenters. The quantitative estimate of drug-likeness (QED) is 0.0312. The number of hydrogen-bond donors (Lipinski definition) is 16. The van der Waals surface area contributed by atoms with Gasteiger partial charge in [0.25, 0.3) is 0 Å². The molecule has 47 nitrogen and oxygen atoms in total. The summed E-state index contributed by atoms with van der Waals surface area (Å²) >= 11 is 0. The van der Waals surface area contributed by atoms with Gasteiger partial charge < -0.3 is 161 Å². The summed E-state index contributed by atoms with van der Waals surface area (Å²) in [5.74, 6) is -7.05. The zero-order valence-electron chi connectivity index (χ0n) is 85.8. The van der Waals surface area contributed by atoms with Crippen LogP contribution in [-0.2, 0) is 148 Å². The molecule has 824 valence electrons. The topological polar surface area (TPSA) is 604 Å². The lowest BCUT2D eigenvalue weighted by Gasteiger charge is -2.24. The SMILES string of the molecule is COCCCCCNC(=O)COCCOCCNCC(=O)NC(CCC(=O)NCCOCCOCC(=O)NCCCCCOC)CC(=O)NC(CCC(=O)NCCOCCOCC(=O)NCCCCCOC)CC(=O)NC(CCC(=O)NC(CCC(=O)NCCOCCOCC(=O)NCCCCCOC)CC(=O)NCC(=O)COCCOCCNC(=O)CCCCOC)CC(=O)NCCCCC(CO)COC. The molecule has 0 aromatic rings. The number of aliphatic hydroxyl groups excluding tert-OH is 1. The molecule has 0 aromatic carbocycles. The minimum Gasteiger partial charge on any atom is -0.396 e. The highest BCUT2D eigenvalue weighted by Crippen LogP contribution is 2.14. The highest BCUT2D eigenvalue weighted by Gasteiger charge is 2.27. The molecule has 5 atom stereocenters. The van der Waals surface area contributed by atoms with Crippen molar-refractivity contribution in [3.63, 3.8) is 0 Å². The Morgan fingerprint density at radius 3 is 0.831 bits per heavy atom. The van der Waals surface area contributed by atoms with Crippen molar-refractivity contribution in [2.75, 3.05) is 300 Å². The summed E-state index contributed by atoms with van der Waals surface area (Å²) in [5, 5.41) is 51.8. The van der Waals surface area contributed by atoms with Crippen molar-refractivity contribution in [1.82, 2.24) is 79.8 Å². The fraction of sp³-hybridized carbons (Fsp3) is 0.842. The van der Waals surface area contributed by atoms with Crippen LogP contribution in [0.2, 0.25) is 0 Å². The molecule has 0 aromatic heterocycles. The van der Waals surface area contributed by atoms with Crippen molar-refractivity contribution in [3.05, 3.63) is 0 Å². The van der Waals surface area contributed by atoms with E-state index in [4.69, 9.17) is 75.8 Å². The van der Waals surface area contributed by atoms with Gasteiger partial charge in [0.15, 0.2) is 5.78 Å². The monoisotopic (exact) mass is 2040 g/mol. The van der Waals surface area contributed by atoms with Gasteiger partial charge in [0.05, 0.1) is 119 Å². The summed E-state index contributed by atoms with van der Waals surface area (Å²) in [5.41, 5.74) is 0. The van der Waals surface area contributed by atoms with E-state index >= 15 is 0 Å². The lowest BCUT2D eigenvalue weighted by Crippen LogP contribution is -2.47. The Morgan fingerprint density at radius 2 is 0.486 bits per heavy atom. The molecule has 16 N–H and O–H groups in total. The summed E-state index contributed by atoms with van der Waals surface area (Å²) < 4.78 is 85.6. The Balaban J connectivity index is 7.02. The second-order valence-corrected chi connectivity index (χ2v) is 33.7. The summed E-state index contributed by atoms with van der Waals surface area (Å²) in [6, 6.07) is -4.23. The van der Waals surface area contributed by atoms with Gasteiger partial charge >= 0.3 is 0 Å². The molecule has 0 fully saturated rings. The van der Waals surface area contributed by atoms with Crippen LogP contribution in [0.3, 0.4) is 0 Å². The Hall–Kier alpha value is -8.47. The van der Waals surface area contributed by atoms with Crippen LogP contribution >= 0.6 is 0 Å². The summed E-state index contributed by atoms with van der Waals surface area (Å²) in [7, 11) is 9.65. The van der Waals surface area contributed by atoms with E-state index in [1.807, 2.05) is 0 Å². The van der Waals surface area contributed by atoms with E-state index in [-0.39, 0.29) is 278 Å². The van der Waals surface area contributed by atoms with Crippen molar-refractivity contribution < 1.29 is 153 Å². The smallest absolute Gasteiger partial charge is 0.245 e. The zero-order valence-corrected chi connectivity index (χ0v) is 85.8. The number of hydrogen-bond acceptors (Lipinski definition) is 33. The Labute approximate surface area is 839 Å². The Bertz CT molecular complexity index is 3260. The van der Waals surface area contributed by atoms with Gasteiger partial charge in [0, 0.05) is 236 Å². The number of amides is 14. The molecule has 0 saturated carbocycles. The van der Waals surface area contributed by atoms with Crippen LogP contribution in [0.4, 0.5) is 0 Å². The third kappa shape index (κ3) is 92.6. The second-order valence-electron chi connectivity index (χ2n) is 33.7. The van der Waals surface area contributed by atoms with E-state index in [9.17, 15) is 77.0 Å². The first kappa shape index (κ1) is 134. The highest BCUT2D eigenvalue weighted by atomic mass is 16.6. The summed E-state index contributed by atoms with van der Waals surface area (Å²) in [4.78, 5) is 199. The molecule has 0 rings (SSSR count). The van der Waals surface area contributed by atoms with Gasteiger partial charge in [-0.05, 0) is 128 Å². The number of carbonyl (C=O) groups excluding carboxylic acids is 15. The van der Waals surface area contributed by atoms with Gasteiger partial charge in [0.2, 0.25) is 82.7 Å². The molecule has 0 saturated heterocycles. The van der Waals surface area contributed by atoms with E-state index in [1.54, 1.807) is 35.5 Å². The normalized spacial score (nSPS) is 12.2. The minimum absolute atomic E-state index is 0.0327. The number of aliphatic hydroxyl groups is 1. The average Bonchev–Trinajstić information content (AvgIpc) is 0.896. The van der Waals surface area contributed by atoms with Gasteiger partial charge in [0.1, 0.15) is 33.0 Å². The average molecular weight is 2040 g/mol. The standard InChI is InChI=1S/C95H177N15O32/c1-127-43-18-7-13-33-98-92(123)72-139-59-54-133-48-38-96-68-91(122)110-80(27-31-85(116)105-42-52-137-57-62-142-75-95(126)101-36-16-10-21-46-130-4)66-90(121)109-79(26-30-84(115)104-41-51-136-56-61-141-74-94(125)100-35-15-9-20-45-129-3)65-89(120)108-78(63-87(118)97-37-17-11-23-76(69-111)70-132-6)28-32-86(117)107-77(25-29-83(114)103-40-50-135-55-60-140-73-93(124)99-34-14-8-19-44-128-2)64-88(119)106-67-81(112)71-138-58-53-134-49-39-102-82(113)24-12-22-47-131-5/h76-80,96,111H,7-75H2,1-6H3,(H,97,118)(H,98,123)(H,99,124)(H,100,125)(H,101,126)(H,102,113)(H,103,114)(H,104,115)(H,105,116)(H,106,119)(H,107,117)(H,108,120)(H,109,121)(H,110,122). The van der Waals surface area contributed by atoms with E-state index in [2.05, 4.69) is 79.8 Å². The largest absolute Gasteiger partial charge is 0.396 e. The number of methoxy groups -OCH3 is 6. The van der Waals surface area contributed by atoms with Crippen molar-refractivity contribution in [1.29, 1.82) is 0 Å². The van der Waals surface area contributed by atoms with Crippen LogP contribution < -0.4 is 79.8 Å².